The van der Waals surface area contributed by atoms with Gasteiger partial charge in [0.25, 0.3) is 0 Å². The van der Waals surface area contributed by atoms with Gasteiger partial charge in [-0.15, -0.1) is 0 Å². The molecule has 0 spiro atoms. The van der Waals surface area contributed by atoms with Gasteiger partial charge in [-0.1, -0.05) is 20.3 Å². The van der Waals surface area contributed by atoms with Crippen molar-refractivity contribution in [2.75, 3.05) is 11.4 Å². The van der Waals surface area contributed by atoms with Crippen LogP contribution in [0, 0.1) is 6.92 Å². The van der Waals surface area contributed by atoms with Crippen molar-refractivity contribution in [1.82, 2.24) is 4.98 Å². The lowest BCUT2D eigenvalue weighted by Crippen LogP contribution is -2.34. The average molecular weight is 264 g/mol. The van der Waals surface area contributed by atoms with Gasteiger partial charge in [0.15, 0.2) is 0 Å². The van der Waals surface area contributed by atoms with Gasteiger partial charge in [0.2, 0.25) is 0 Å². The van der Waals surface area contributed by atoms with Gasteiger partial charge in [-0.3, -0.25) is 0 Å². The molecule has 0 aliphatic heterocycles. The molecule has 1 atom stereocenters. The first-order valence-electron chi connectivity index (χ1n) is 6.98. The van der Waals surface area contributed by atoms with E-state index < -0.39 is 5.97 Å². The van der Waals surface area contributed by atoms with Gasteiger partial charge in [0.05, 0.1) is 11.3 Å². The van der Waals surface area contributed by atoms with Crippen molar-refractivity contribution in [3.63, 3.8) is 0 Å². The van der Waals surface area contributed by atoms with Crippen LogP contribution in [-0.4, -0.2) is 28.6 Å². The second-order valence-electron chi connectivity index (χ2n) is 4.91. The van der Waals surface area contributed by atoms with E-state index in [1.807, 2.05) is 6.07 Å². The van der Waals surface area contributed by atoms with Crippen molar-refractivity contribution in [3.8, 4) is 0 Å². The summed E-state index contributed by atoms with van der Waals surface area (Å²) in [4.78, 5) is 17.7. The molecule has 4 nitrogen and oxygen atoms in total. The van der Waals surface area contributed by atoms with E-state index >= 15 is 0 Å². The molecule has 1 unspecified atom stereocenters. The summed E-state index contributed by atoms with van der Waals surface area (Å²) in [7, 11) is 0. The summed E-state index contributed by atoms with van der Waals surface area (Å²) in [6, 6.07) is 3.88. The molecule has 1 aromatic rings. The fourth-order valence-electron chi connectivity index (χ4n) is 2.04. The number of rotatable bonds is 7. The predicted octanol–water partition coefficient (Wildman–Crippen LogP) is 3.49. The van der Waals surface area contributed by atoms with Crippen LogP contribution in [0.25, 0.3) is 0 Å². The molecule has 0 aliphatic rings. The number of nitrogens with zero attached hydrogens (tertiary/aromatic N) is 2. The maximum Gasteiger partial charge on any atom is 0.337 e. The molecule has 1 rings (SSSR count). The molecule has 0 aliphatic carbocycles. The lowest BCUT2D eigenvalue weighted by atomic mass is 10.1. The number of aromatic nitrogens is 1. The average Bonchev–Trinajstić information content (AvgIpc) is 2.38. The molecule has 0 saturated heterocycles. The Morgan fingerprint density at radius 2 is 2.11 bits per heavy atom. The Morgan fingerprint density at radius 3 is 2.58 bits per heavy atom. The Kier molecular flexibility index (Phi) is 5.80. The third kappa shape index (κ3) is 3.94. The van der Waals surface area contributed by atoms with Crippen LogP contribution < -0.4 is 4.90 Å². The summed E-state index contributed by atoms with van der Waals surface area (Å²) >= 11 is 0. The molecule has 1 aromatic heterocycles. The molecular weight excluding hydrogens is 240 g/mol. The van der Waals surface area contributed by atoms with Crippen LogP contribution in [0.1, 0.15) is 56.1 Å². The zero-order chi connectivity index (χ0) is 14.4. The molecule has 0 bridgehead atoms. The first-order valence-corrected chi connectivity index (χ1v) is 6.98. The van der Waals surface area contributed by atoms with Crippen LogP contribution in [0.4, 0.5) is 5.82 Å². The van der Waals surface area contributed by atoms with Gasteiger partial charge in [0.1, 0.15) is 5.82 Å². The number of carboxylic acid groups (broad SMARTS) is 1. The smallest absolute Gasteiger partial charge is 0.337 e. The number of carbonyl (C=O) groups is 1. The van der Waals surface area contributed by atoms with Crippen molar-refractivity contribution >= 4 is 11.8 Å². The molecule has 4 heteroatoms. The summed E-state index contributed by atoms with van der Waals surface area (Å²) in [5.74, 6) is -0.0366. The number of aryl methyl sites for hydroxylation is 1. The molecule has 0 aromatic carbocycles. The van der Waals surface area contributed by atoms with Gasteiger partial charge in [0, 0.05) is 12.6 Å². The number of aromatic carboxylic acids is 1. The number of unbranched alkanes of at least 4 members (excludes halogenated alkanes) is 1. The number of hydrogen-bond donors (Lipinski definition) is 1. The van der Waals surface area contributed by atoms with E-state index in [0.29, 0.717) is 11.7 Å². The number of anilines is 1. The fourth-order valence-corrected chi connectivity index (χ4v) is 2.04. The third-order valence-electron chi connectivity index (χ3n) is 3.47. The highest BCUT2D eigenvalue weighted by molar-refractivity contribution is 5.89. The zero-order valence-electron chi connectivity index (χ0n) is 12.3. The lowest BCUT2D eigenvalue weighted by molar-refractivity contribution is 0.0695. The zero-order valence-corrected chi connectivity index (χ0v) is 12.3. The largest absolute Gasteiger partial charge is 0.478 e. The maximum atomic E-state index is 11.0. The number of carboxylic acids is 1. The van der Waals surface area contributed by atoms with E-state index in [2.05, 4.69) is 30.7 Å². The minimum Gasteiger partial charge on any atom is -0.478 e. The molecule has 1 N–H and O–H groups in total. The van der Waals surface area contributed by atoms with Crippen LogP contribution in [0.15, 0.2) is 12.1 Å². The van der Waals surface area contributed by atoms with Crippen molar-refractivity contribution in [1.29, 1.82) is 0 Å². The van der Waals surface area contributed by atoms with Crippen LogP contribution in [-0.2, 0) is 0 Å². The van der Waals surface area contributed by atoms with Crippen LogP contribution >= 0.6 is 0 Å². The third-order valence-corrected chi connectivity index (χ3v) is 3.47. The van der Waals surface area contributed by atoms with Crippen LogP contribution in [0.5, 0.6) is 0 Å². The summed E-state index contributed by atoms with van der Waals surface area (Å²) < 4.78 is 0. The van der Waals surface area contributed by atoms with E-state index in [0.717, 1.165) is 31.6 Å². The topological polar surface area (TPSA) is 53.4 Å². The highest BCUT2D eigenvalue weighted by Crippen LogP contribution is 2.19. The maximum absolute atomic E-state index is 11.0. The van der Waals surface area contributed by atoms with Crippen molar-refractivity contribution in [3.05, 3.63) is 23.4 Å². The molecule has 106 valence electrons. The van der Waals surface area contributed by atoms with E-state index in [1.165, 1.54) is 0 Å². The first kappa shape index (κ1) is 15.5. The monoisotopic (exact) mass is 264 g/mol. The molecule has 1 heterocycles. The van der Waals surface area contributed by atoms with Gasteiger partial charge in [-0.2, -0.15) is 0 Å². The van der Waals surface area contributed by atoms with Crippen molar-refractivity contribution < 1.29 is 9.90 Å². The summed E-state index contributed by atoms with van der Waals surface area (Å²) in [5.41, 5.74) is 0.859. The van der Waals surface area contributed by atoms with E-state index in [4.69, 9.17) is 5.11 Å². The van der Waals surface area contributed by atoms with Gasteiger partial charge in [-0.05, 0) is 38.8 Å². The second-order valence-corrected chi connectivity index (χ2v) is 4.91. The Hall–Kier alpha value is -1.58. The van der Waals surface area contributed by atoms with E-state index in [-0.39, 0.29) is 5.56 Å². The highest BCUT2D eigenvalue weighted by atomic mass is 16.4. The minimum atomic E-state index is -0.916. The van der Waals surface area contributed by atoms with E-state index in [9.17, 15) is 4.79 Å². The van der Waals surface area contributed by atoms with Crippen LogP contribution in [0.3, 0.4) is 0 Å². The van der Waals surface area contributed by atoms with Crippen molar-refractivity contribution in [2.24, 2.45) is 0 Å². The summed E-state index contributed by atoms with van der Waals surface area (Å²) in [6.45, 7) is 9.22. The normalized spacial score (nSPS) is 12.2. The summed E-state index contributed by atoms with van der Waals surface area (Å²) in [5, 5.41) is 9.04. The van der Waals surface area contributed by atoms with Gasteiger partial charge >= 0.3 is 5.97 Å². The quantitative estimate of drug-likeness (QED) is 0.819. The lowest BCUT2D eigenvalue weighted by Gasteiger charge is -2.30. The fraction of sp³-hybridized carbons (Fsp3) is 0.600. The molecule has 19 heavy (non-hydrogen) atoms. The Bertz CT molecular complexity index is 432. The molecule has 0 saturated carbocycles. The Morgan fingerprint density at radius 1 is 1.42 bits per heavy atom. The summed E-state index contributed by atoms with van der Waals surface area (Å²) in [6.07, 6.45) is 3.30. The predicted molar refractivity (Wildman–Crippen MR) is 77.9 cm³/mol. The minimum absolute atomic E-state index is 0.281. The Labute approximate surface area is 115 Å². The van der Waals surface area contributed by atoms with Gasteiger partial charge < -0.3 is 10.0 Å². The van der Waals surface area contributed by atoms with E-state index in [1.54, 1.807) is 13.0 Å². The van der Waals surface area contributed by atoms with Gasteiger partial charge in [-0.25, -0.2) is 9.78 Å². The first-order chi connectivity index (χ1) is 9.01. The molecular formula is C15H24N2O2. The SMILES string of the molecule is CCCCN(c1ccc(C(=O)O)c(C)n1)C(C)CC. The van der Waals surface area contributed by atoms with Crippen molar-refractivity contribution in [2.45, 2.75) is 53.0 Å². The van der Waals surface area contributed by atoms with Crippen LogP contribution in [0.2, 0.25) is 0 Å². The molecule has 0 amide bonds. The molecule has 0 fully saturated rings. The standard InChI is InChI=1S/C15H24N2O2/c1-5-7-10-17(11(3)6-2)14-9-8-13(15(18)19)12(4)16-14/h8-9,11H,5-7,10H2,1-4H3,(H,18,19). The molecule has 0 radical (unpaired) electrons. The second kappa shape index (κ2) is 7.12. The number of pyridine rings is 1. The Balaban J connectivity index is 3.02. The number of hydrogen-bond acceptors (Lipinski definition) is 3. The highest BCUT2D eigenvalue weighted by Gasteiger charge is 2.16.